The highest BCUT2D eigenvalue weighted by Gasteiger charge is 2.50. The number of hydrogen-bond acceptors (Lipinski definition) is 8. The fraction of sp³-hybridized carbons (Fsp3) is 0.333. The summed E-state index contributed by atoms with van der Waals surface area (Å²) in [6.45, 7) is 0. The first-order valence-corrected chi connectivity index (χ1v) is 11.1. The van der Waals surface area contributed by atoms with E-state index in [2.05, 4.69) is 0 Å². The second kappa shape index (κ2) is 7.16. The second-order valence-corrected chi connectivity index (χ2v) is 8.95. The van der Waals surface area contributed by atoms with Gasteiger partial charge in [0.15, 0.2) is 28.8 Å². The number of rotatable bonds is 5. The molecule has 1 aliphatic carbocycles. The fourth-order valence-electron chi connectivity index (χ4n) is 4.31. The molecule has 2 aromatic rings. The third-order valence-electron chi connectivity index (χ3n) is 5.62. The Morgan fingerprint density at radius 3 is 1.90 bits per heavy atom. The van der Waals surface area contributed by atoms with Crippen LogP contribution in [-0.4, -0.2) is 59.6 Å². The molecule has 1 heterocycles. The van der Waals surface area contributed by atoms with Crippen molar-refractivity contribution < 1.29 is 36.4 Å². The van der Waals surface area contributed by atoms with E-state index in [4.69, 9.17) is 18.4 Å². The van der Waals surface area contributed by atoms with Crippen molar-refractivity contribution in [2.75, 3.05) is 34.6 Å². The number of methoxy groups -OCH3 is 3. The minimum atomic E-state index is -3.84. The number of fused-ring (bicyclic) bond motifs is 5. The molecule has 2 aromatic carbocycles. The highest BCUT2D eigenvalue weighted by molar-refractivity contribution is 7.86. The molecule has 0 unspecified atom stereocenters. The smallest absolute Gasteiger partial charge is 0.306 e. The SMILES string of the molecule is COc1cc2c(cc1OC)[C@@H]1C(=O)c3cc(OS(C)(=O)=O)c(OC)cc3[C@H]1N(C)C2=O. The van der Waals surface area contributed by atoms with Gasteiger partial charge in [-0.05, 0) is 35.4 Å². The third kappa shape index (κ3) is 3.18. The van der Waals surface area contributed by atoms with Gasteiger partial charge < -0.3 is 23.3 Å². The van der Waals surface area contributed by atoms with E-state index in [1.54, 1.807) is 25.2 Å². The Morgan fingerprint density at radius 1 is 0.806 bits per heavy atom. The normalized spacial score (nSPS) is 19.5. The van der Waals surface area contributed by atoms with Crippen LogP contribution in [0.5, 0.6) is 23.0 Å². The highest BCUT2D eigenvalue weighted by atomic mass is 32.2. The maximum Gasteiger partial charge on any atom is 0.306 e. The van der Waals surface area contributed by atoms with Crippen molar-refractivity contribution in [3.63, 3.8) is 0 Å². The summed E-state index contributed by atoms with van der Waals surface area (Å²) < 4.78 is 44.3. The minimum absolute atomic E-state index is 0.0859. The van der Waals surface area contributed by atoms with Crippen molar-refractivity contribution >= 4 is 21.8 Å². The van der Waals surface area contributed by atoms with Crippen molar-refractivity contribution in [1.29, 1.82) is 0 Å². The number of carbonyl (C=O) groups excluding carboxylic acids is 2. The molecular formula is C21H21NO8S. The van der Waals surface area contributed by atoms with Crippen LogP contribution < -0.4 is 18.4 Å². The van der Waals surface area contributed by atoms with Crippen LogP contribution in [0.3, 0.4) is 0 Å². The summed E-state index contributed by atoms with van der Waals surface area (Å²) >= 11 is 0. The minimum Gasteiger partial charge on any atom is -0.493 e. The zero-order chi connectivity index (χ0) is 22.7. The van der Waals surface area contributed by atoms with Gasteiger partial charge in [-0.15, -0.1) is 0 Å². The van der Waals surface area contributed by atoms with Gasteiger partial charge in [0.2, 0.25) is 0 Å². The average Bonchev–Trinajstić information content (AvgIpc) is 3.01. The first kappa shape index (κ1) is 21.0. The van der Waals surface area contributed by atoms with Crippen molar-refractivity contribution in [3.05, 3.63) is 46.5 Å². The lowest BCUT2D eigenvalue weighted by molar-refractivity contribution is 0.0665. The van der Waals surface area contributed by atoms with Crippen LogP contribution in [0.4, 0.5) is 0 Å². The Balaban J connectivity index is 1.93. The van der Waals surface area contributed by atoms with Gasteiger partial charge in [0, 0.05) is 18.2 Å². The molecule has 0 radical (unpaired) electrons. The standard InChI is InChI=1S/C21H21NO8S/c1-22-19-11-7-16(29-4)17(30-31(5,25)26)8-12(11)20(23)18(19)10-6-14(27-2)15(28-3)9-13(10)21(22)24/h6-9,18-19H,1-5H3/t18-,19+/m0/s1. The molecule has 9 nitrogen and oxygen atoms in total. The van der Waals surface area contributed by atoms with E-state index in [9.17, 15) is 18.0 Å². The zero-order valence-electron chi connectivity index (χ0n) is 17.6. The molecule has 0 saturated heterocycles. The molecule has 0 aromatic heterocycles. The van der Waals surface area contributed by atoms with Gasteiger partial charge in [-0.25, -0.2) is 0 Å². The Bertz CT molecular complexity index is 1220. The van der Waals surface area contributed by atoms with Gasteiger partial charge >= 0.3 is 10.1 Å². The third-order valence-corrected chi connectivity index (χ3v) is 6.10. The molecule has 2 aliphatic rings. The van der Waals surface area contributed by atoms with E-state index in [1.165, 1.54) is 32.3 Å². The Morgan fingerprint density at radius 2 is 1.32 bits per heavy atom. The number of likely N-dealkylation sites (N-methyl/N-ethyl adjacent to an activating group) is 1. The number of carbonyl (C=O) groups is 2. The molecule has 0 fully saturated rings. The first-order valence-electron chi connectivity index (χ1n) is 9.30. The van der Waals surface area contributed by atoms with Crippen LogP contribution in [-0.2, 0) is 10.1 Å². The summed E-state index contributed by atoms with van der Waals surface area (Å²) in [7, 11) is 2.09. The van der Waals surface area contributed by atoms with Crippen molar-refractivity contribution in [2.24, 2.45) is 0 Å². The lowest BCUT2D eigenvalue weighted by Crippen LogP contribution is -2.39. The number of nitrogens with zero attached hydrogens (tertiary/aromatic N) is 1. The van der Waals surface area contributed by atoms with E-state index in [1.807, 2.05) is 0 Å². The van der Waals surface area contributed by atoms with E-state index in [-0.39, 0.29) is 28.8 Å². The van der Waals surface area contributed by atoms with Crippen LogP contribution in [0.15, 0.2) is 24.3 Å². The predicted octanol–water partition coefficient (Wildman–Crippen LogP) is 2.16. The van der Waals surface area contributed by atoms with Crippen LogP contribution in [0.2, 0.25) is 0 Å². The number of hydrogen-bond donors (Lipinski definition) is 0. The maximum atomic E-state index is 13.5. The molecule has 10 heteroatoms. The molecule has 31 heavy (non-hydrogen) atoms. The maximum absolute atomic E-state index is 13.5. The number of benzene rings is 2. The van der Waals surface area contributed by atoms with Crippen molar-refractivity contribution in [2.45, 2.75) is 12.0 Å². The van der Waals surface area contributed by atoms with Gasteiger partial charge in [0.05, 0.1) is 39.5 Å². The van der Waals surface area contributed by atoms with Gasteiger partial charge in [-0.3, -0.25) is 9.59 Å². The summed E-state index contributed by atoms with van der Waals surface area (Å²) in [6.07, 6.45) is 0.906. The molecule has 0 saturated carbocycles. The molecule has 4 rings (SSSR count). The quantitative estimate of drug-likeness (QED) is 0.642. The van der Waals surface area contributed by atoms with Gasteiger partial charge in [0.1, 0.15) is 0 Å². The Kier molecular flexibility index (Phi) is 4.84. The molecule has 0 bridgehead atoms. The average molecular weight is 447 g/mol. The van der Waals surface area contributed by atoms with Crippen LogP contribution in [0, 0.1) is 0 Å². The summed E-state index contributed by atoms with van der Waals surface area (Å²) in [5, 5.41) is 0. The van der Waals surface area contributed by atoms with Crippen LogP contribution in [0.1, 0.15) is 43.8 Å². The van der Waals surface area contributed by atoms with E-state index >= 15 is 0 Å². The number of amides is 1. The molecule has 2 atom stereocenters. The topological polar surface area (TPSA) is 108 Å². The summed E-state index contributed by atoms with van der Waals surface area (Å²) in [5.41, 5.74) is 1.71. The monoisotopic (exact) mass is 447 g/mol. The van der Waals surface area contributed by atoms with Crippen LogP contribution in [0.25, 0.3) is 0 Å². The van der Waals surface area contributed by atoms with E-state index in [0.29, 0.717) is 28.2 Å². The lowest BCUT2D eigenvalue weighted by atomic mass is 9.83. The molecular weight excluding hydrogens is 426 g/mol. The summed E-state index contributed by atoms with van der Waals surface area (Å²) in [5.74, 6) is -0.364. The van der Waals surface area contributed by atoms with Gasteiger partial charge in [0.25, 0.3) is 5.91 Å². The molecule has 1 aliphatic heterocycles. The number of ketones is 1. The molecule has 0 N–H and O–H groups in total. The Labute approximate surface area is 179 Å². The van der Waals surface area contributed by atoms with E-state index < -0.39 is 22.1 Å². The van der Waals surface area contributed by atoms with E-state index in [0.717, 1.165) is 6.26 Å². The lowest BCUT2D eigenvalue weighted by Gasteiger charge is -2.36. The van der Waals surface area contributed by atoms with Crippen molar-refractivity contribution in [1.82, 2.24) is 4.90 Å². The summed E-state index contributed by atoms with van der Waals surface area (Å²) in [6, 6.07) is 5.54. The van der Waals surface area contributed by atoms with Crippen LogP contribution >= 0.6 is 0 Å². The number of Topliss-reactive ketones (excluding diaryl/α,β-unsaturated/α-hetero) is 1. The molecule has 1 amide bonds. The Hall–Kier alpha value is -3.27. The van der Waals surface area contributed by atoms with Crippen molar-refractivity contribution in [3.8, 4) is 23.0 Å². The fourth-order valence-corrected chi connectivity index (χ4v) is 4.77. The highest BCUT2D eigenvalue weighted by Crippen LogP contribution is 2.53. The largest absolute Gasteiger partial charge is 0.493 e. The molecule has 164 valence electrons. The zero-order valence-corrected chi connectivity index (χ0v) is 18.4. The van der Waals surface area contributed by atoms with Gasteiger partial charge in [-0.2, -0.15) is 8.42 Å². The molecule has 0 spiro atoms. The number of ether oxygens (including phenoxy) is 3. The first-order chi connectivity index (χ1) is 14.6. The second-order valence-electron chi connectivity index (χ2n) is 7.38. The summed E-state index contributed by atoms with van der Waals surface area (Å²) in [4.78, 5) is 28.1. The predicted molar refractivity (Wildman–Crippen MR) is 110 cm³/mol. The van der Waals surface area contributed by atoms with Gasteiger partial charge in [-0.1, -0.05) is 0 Å².